The second kappa shape index (κ2) is 4.78. The lowest BCUT2D eigenvalue weighted by Crippen LogP contribution is -2.19. The first-order chi connectivity index (χ1) is 8.39. The van der Waals surface area contributed by atoms with Crippen molar-refractivity contribution in [1.29, 1.82) is 0 Å². The number of hydrogen-bond donors (Lipinski definition) is 0. The van der Waals surface area contributed by atoms with Gasteiger partial charge in [-0.15, -0.1) is 0 Å². The van der Waals surface area contributed by atoms with E-state index >= 15 is 0 Å². The summed E-state index contributed by atoms with van der Waals surface area (Å²) in [5.74, 6) is 0. The minimum Gasteiger partial charge on any atom is -0.219 e. The van der Waals surface area contributed by atoms with Crippen molar-refractivity contribution in [2.24, 2.45) is 0 Å². The fourth-order valence-electron chi connectivity index (χ4n) is 1.93. The first kappa shape index (κ1) is 16.0. The van der Waals surface area contributed by atoms with Gasteiger partial charge in [0, 0.05) is 5.41 Å². The maximum Gasteiger partial charge on any atom is 0.199 e. The Labute approximate surface area is 117 Å². The van der Waals surface area contributed by atoms with Crippen LogP contribution in [0.25, 0.3) is 0 Å². The molecule has 0 aliphatic heterocycles. The summed E-state index contributed by atoms with van der Waals surface area (Å²) in [6.07, 6.45) is 0. The van der Waals surface area contributed by atoms with Gasteiger partial charge < -0.3 is 0 Å². The van der Waals surface area contributed by atoms with E-state index in [2.05, 4.69) is 27.4 Å². The van der Waals surface area contributed by atoms with Crippen LogP contribution < -0.4 is 0 Å². The molecule has 0 saturated carbocycles. The lowest BCUT2D eigenvalue weighted by molar-refractivity contribution is 0.555. The van der Waals surface area contributed by atoms with Gasteiger partial charge >= 0.3 is 0 Å². The molecule has 0 aliphatic rings. The molecular formula is C16H24O2S. The second-order valence-electron chi connectivity index (χ2n) is 6.92. The monoisotopic (exact) mass is 280 g/mol. The van der Waals surface area contributed by atoms with E-state index in [1.807, 2.05) is 32.9 Å². The molecule has 0 bridgehead atoms. The van der Waals surface area contributed by atoms with Crippen LogP contribution in [0.15, 0.2) is 35.1 Å². The molecule has 0 fully saturated rings. The van der Waals surface area contributed by atoms with Gasteiger partial charge in [-0.25, -0.2) is 8.42 Å². The molecule has 1 aromatic rings. The van der Waals surface area contributed by atoms with Crippen molar-refractivity contribution < 1.29 is 8.42 Å². The maximum absolute atomic E-state index is 12.2. The van der Waals surface area contributed by atoms with E-state index in [4.69, 9.17) is 0 Å². The van der Waals surface area contributed by atoms with Crippen LogP contribution in [0.1, 0.15) is 52.7 Å². The largest absolute Gasteiger partial charge is 0.219 e. The van der Waals surface area contributed by atoms with E-state index in [0.717, 1.165) is 16.5 Å². The van der Waals surface area contributed by atoms with Gasteiger partial charge in [-0.1, -0.05) is 60.3 Å². The van der Waals surface area contributed by atoms with Crippen molar-refractivity contribution in [3.8, 4) is 0 Å². The standard InChI is InChI=1S/C16H24O2S/c1-8-19(17,18)14-11-12(15(2,3)4)9-10-13(14)16(5,6)7/h8-11H,1H2,2-7H3. The van der Waals surface area contributed by atoms with Crippen LogP contribution in [0.4, 0.5) is 0 Å². The van der Waals surface area contributed by atoms with Crippen LogP contribution in [-0.4, -0.2) is 8.42 Å². The fraction of sp³-hybridized carbons (Fsp3) is 0.500. The molecule has 0 radical (unpaired) electrons. The first-order valence-electron chi connectivity index (χ1n) is 6.42. The molecule has 0 unspecified atom stereocenters. The highest BCUT2D eigenvalue weighted by molar-refractivity contribution is 7.94. The summed E-state index contributed by atoms with van der Waals surface area (Å²) >= 11 is 0. The Bertz CT molecular complexity index is 582. The highest BCUT2D eigenvalue weighted by Crippen LogP contribution is 2.33. The molecule has 0 N–H and O–H groups in total. The molecule has 0 atom stereocenters. The highest BCUT2D eigenvalue weighted by Gasteiger charge is 2.26. The van der Waals surface area contributed by atoms with Crippen molar-refractivity contribution >= 4 is 9.84 Å². The predicted molar refractivity (Wildman–Crippen MR) is 81.2 cm³/mol. The third kappa shape index (κ3) is 3.47. The average Bonchev–Trinajstić information content (AvgIpc) is 2.26. The first-order valence-corrected chi connectivity index (χ1v) is 7.97. The van der Waals surface area contributed by atoms with Crippen molar-refractivity contribution in [2.75, 3.05) is 0 Å². The lowest BCUT2D eigenvalue weighted by atomic mass is 9.82. The van der Waals surface area contributed by atoms with Crippen LogP contribution in [0.5, 0.6) is 0 Å². The lowest BCUT2D eigenvalue weighted by Gasteiger charge is -2.26. The average molecular weight is 280 g/mol. The summed E-state index contributed by atoms with van der Waals surface area (Å²) in [6, 6.07) is 5.73. The van der Waals surface area contributed by atoms with E-state index in [-0.39, 0.29) is 10.8 Å². The van der Waals surface area contributed by atoms with Crippen molar-refractivity contribution in [2.45, 2.75) is 57.3 Å². The van der Waals surface area contributed by atoms with E-state index in [1.54, 1.807) is 6.07 Å². The normalized spacial score (nSPS) is 13.4. The number of hydrogen-bond acceptors (Lipinski definition) is 2. The summed E-state index contributed by atoms with van der Waals surface area (Å²) in [7, 11) is -3.43. The summed E-state index contributed by atoms with van der Waals surface area (Å²) in [4.78, 5) is 0.377. The summed E-state index contributed by atoms with van der Waals surface area (Å²) in [5, 5.41) is 1.03. The summed E-state index contributed by atoms with van der Waals surface area (Å²) < 4.78 is 24.5. The molecule has 0 saturated heterocycles. The Hall–Kier alpha value is -1.09. The van der Waals surface area contributed by atoms with Gasteiger partial charge in [0.15, 0.2) is 9.84 Å². The Morgan fingerprint density at radius 1 is 1.00 bits per heavy atom. The predicted octanol–water partition coefficient (Wildman–Crippen LogP) is 4.20. The minimum atomic E-state index is -3.43. The number of benzene rings is 1. The number of sulfone groups is 1. The molecule has 1 aromatic carbocycles. The molecule has 106 valence electrons. The third-order valence-corrected chi connectivity index (χ3v) is 4.57. The summed E-state index contributed by atoms with van der Waals surface area (Å²) in [6.45, 7) is 15.7. The van der Waals surface area contributed by atoms with Crippen molar-refractivity contribution in [3.63, 3.8) is 0 Å². The minimum absolute atomic E-state index is 0.0815. The number of rotatable bonds is 2. The van der Waals surface area contributed by atoms with Crippen LogP contribution in [0.3, 0.4) is 0 Å². The van der Waals surface area contributed by atoms with Gasteiger partial charge in [0.1, 0.15) is 0 Å². The van der Waals surface area contributed by atoms with Gasteiger partial charge in [0.25, 0.3) is 0 Å². The van der Waals surface area contributed by atoms with Gasteiger partial charge in [0.05, 0.1) is 4.90 Å². The smallest absolute Gasteiger partial charge is 0.199 e. The third-order valence-electron chi connectivity index (χ3n) is 3.18. The molecule has 0 heterocycles. The van der Waals surface area contributed by atoms with E-state index in [1.165, 1.54) is 0 Å². The molecule has 0 spiro atoms. The van der Waals surface area contributed by atoms with Crippen LogP contribution in [0, 0.1) is 0 Å². The van der Waals surface area contributed by atoms with E-state index in [0.29, 0.717) is 4.90 Å². The van der Waals surface area contributed by atoms with Gasteiger partial charge in [-0.3, -0.25) is 0 Å². The van der Waals surface area contributed by atoms with Gasteiger partial charge in [-0.05, 0) is 28.0 Å². The van der Waals surface area contributed by atoms with Crippen LogP contribution in [0.2, 0.25) is 0 Å². The summed E-state index contributed by atoms with van der Waals surface area (Å²) in [5.41, 5.74) is 1.55. The van der Waals surface area contributed by atoms with Crippen molar-refractivity contribution in [3.05, 3.63) is 41.3 Å². The van der Waals surface area contributed by atoms with Crippen LogP contribution >= 0.6 is 0 Å². The zero-order chi connectivity index (χ0) is 15.1. The molecule has 0 amide bonds. The quantitative estimate of drug-likeness (QED) is 0.813. The van der Waals surface area contributed by atoms with Crippen LogP contribution in [-0.2, 0) is 20.7 Å². The fourth-order valence-corrected chi connectivity index (χ4v) is 3.09. The maximum atomic E-state index is 12.2. The zero-order valence-electron chi connectivity index (χ0n) is 12.7. The van der Waals surface area contributed by atoms with Gasteiger partial charge in [0.2, 0.25) is 0 Å². The Balaban J connectivity index is 3.68. The Kier molecular flexibility index (Phi) is 4.02. The Morgan fingerprint density at radius 3 is 1.89 bits per heavy atom. The van der Waals surface area contributed by atoms with Crippen molar-refractivity contribution in [1.82, 2.24) is 0 Å². The molecule has 2 nitrogen and oxygen atoms in total. The molecule has 19 heavy (non-hydrogen) atoms. The molecule has 0 aliphatic carbocycles. The van der Waals surface area contributed by atoms with E-state index < -0.39 is 9.84 Å². The highest BCUT2D eigenvalue weighted by atomic mass is 32.2. The molecular weight excluding hydrogens is 256 g/mol. The SMILES string of the molecule is C=CS(=O)(=O)c1cc(C(C)(C)C)ccc1C(C)(C)C. The second-order valence-corrected chi connectivity index (χ2v) is 8.79. The molecule has 0 aromatic heterocycles. The van der Waals surface area contributed by atoms with Gasteiger partial charge in [-0.2, -0.15) is 0 Å². The molecule has 1 rings (SSSR count). The Morgan fingerprint density at radius 2 is 1.53 bits per heavy atom. The molecule has 3 heteroatoms. The van der Waals surface area contributed by atoms with E-state index in [9.17, 15) is 8.42 Å². The zero-order valence-corrected chi connectivity index (χ0v) is 13.6. The topological polar surface area (TPSA) is 34.1 Å².